The first kappa shape index (κ1) is 18.9. The molecular weight excluding hydrogens is 358 g/mol. The van der Waals surface area contributed by atoms with E-state index in [0.717, 1.165) is 5.56 Å². The Bertz CT molecular complexity index is 943. The van der Waals surface area contributed by atoms with E-state index in [0.29, 0.717) is 29.5 Å². The summed E-state index contributed by atoms with van der Waals surface area (Å²) in [5, 5.41) is 2.68. The van der Waals surface area contributed by atoms with Gasteiger partial charge in [-0.3, -0.25) is 9.59 Å². The molecule has 0 aliphatic heterocycles. The molecule has 0 unspecified atom stereocenters. The fourth-order valence-electron chi connectivity index (χ4n) is 2.36. The second-order valence-electron chi connectivity index (χ2n) is 5.89. The number of pyridine rings is 1. The second-order valence-corrected chi connectivity index (χ2v) is 5.89. The highest BCUT2D eigenvalue weighted by molar-refractivity contribution is 5.93. The molecular formula is C21H19N3O4. The van der Waals surface area contributed by atoms with Crippen molar-refractivity contribution in [1.82, 2.24) is 4.98 Å². The molecule has 0 radical (unpaired) electrons. The van der Waals surface area contributed by atoms with Gasteiger partial charge in [-0.25, -0.2) is 4.98 Å². The zero-order chi connectivity index (χ0) is 19.8. The molecule has 0 spiro atoms. The van der Waals surface area contributed by atoms with Crippen LogP contribution in [-0.4, -0.2) is 23.4 Å². The van der Waals surface area contributed by atoms with Gasteiger partial charge in [-0.2, -0.15) is 0 Å². The number of hydrogen-bond donors (Lipinski definition) is 2. The number of aromatic nitrogens is 1. The van der Waals surface area contributed by atoms with Crippen LogP contribution in [0.5, 0.6) is 11.6 Å². The molecule has 1 heterocycles. The van der Waals surface area contributed by atoms with E-state index in [1.807, 2.05) is 30.3 Å². The molecule has 7 nitrogen and oxygen atoms in total. The van der Waals surface area contributed by atoms with Gasteiger partial charge in [0.2, 0.25) is 11.8 Å². The largest absolute Gasteiger partial charge is 0.484 e. The van der Waals surface area contributed by atoms with E-state index in [9.17, 15) is 9.59 Å². The fraction of sp³-hybridized carbons (Fsp3) is 0.0952. The Morgan fingerprint density at radius 2 is 1.79 bits per heavy atom. The SMILES string of the molecule is NC(=O)c1cccc(OCC(=O)Nc2ccc(OCc3ccccc3)nc2)c1. The molecule has 3 aromatic rings. The Kier molecular flexibility index (Phi) is 6.20. The molecule has 7 heteroatoms. The first-order chi connectivity index (χ1) is 13.6. The van der Waals surface area contributed by atoms with Crippen molar-refractivity contribution >= 4 is 17.5 Å². The maximum Gasteiger partial charge on any atom is 0.262 e. The Hall–Kier alpha value is -3.87. The number of carbonyl (C=O) groups is 2. The maximum atomic E-state index is 12.0. The number of carbonyl (C=O) groups excluding carboxylic acids is 2. The predicted octanol–water partition coefficient (Wildman–Crippen LogP) is 2.78. The van der Waals surface area contributed by atoms with Crippen LogP contribution in [0.25, 0.3) is 0 Å². The third-order valence-electron chi connectivity index (χ3n) is 3.74. The van der Waals surface area contributed by atoms with Gasteiger partial charge in [-0.05, 0) is 29.8 Å². The topological polar surface area (TPSA) is 104 Å². The molecule has 1 aromatic heterocycles. The number of amides is 2. The molecule has 2 aromatic carbocycles. The molecule has 3 rings (SSSR count). The van der Waals surface area contributed by atoms with Gasteiger partial charge in [0.15, 0.2) is 6.61 Å². The summed E-state index contributed by atoms with van der Waals surface area (Å²) in [4.78, 5) is 27.3. The number of primary amides is 1. The Labute approximate surface area is 162 Å². The summed E-state index contributed by atoms with van der Waals surface area (Å²) in [6, 6.07) is 19.4. The van der Waals surface area contributed by atoms with Crippen LogP contribution >= 0.6 is 0 Å². The average molecular weight is 377 g/mol. The Balaban J connectivity index is 1.47. The number of benzene rings is 2. The fourth-order valence-corrected chi connectivity index (χ4v) is 2.36. The molecule has 2 amide bonds. The summed E-state index contributed by atoms with van der Waals surface area (Å²) in [5.74, 6) is -0.0737. The third-order valence-corrected chi connectivity index (χ3v) is 3.74. The lowest BCUT2D eigenvalue weighted by Crippen LogP contribution is -2.20. The van der Waals surface area contributed by atoms with Crippen LogP contribution in [0.1, 0.15) is 15.9 Å². The molecule has 3 N–H and O–H groups in total. The molecule has 28 heavy (non-hydrogen) atoms. The van der Waals surface area contributed by atoms with E-state index in [1.165, 1.54) is 12.3 Å². The van der Waals surface area contributed by atoms with Crippen molar-refractivity contribution in [3.63, 3.8) is 0 Å². The van der Waals surface area contributed by atoms with Crippen molar-refractivity contribution in [2.45, 2.75) is 6.61 Å². The van der Waals surface area contributed by atoms with E-state index in [1.54, 1.807) is 30.3 Å². The van der Waals surface area contributed by atoms with Gasteiger partial charge in [0, 0.05) is 11.6 Å². The van der Waals surface area contributed by atoms with Crippen molar-refractivity contribution in [3.8, 4) is 11.6 Å². The molecule has 0 fully saturated rings. The lowest BCUT2D eigenvalue weighted by atomic mass is 10.2. The van der Waals surface area contributed by atoms with Crippen LogP contribution < -0.4 is 20.5 Å². The highest BCUT2D eigenvalue weighted by Crippen LogP contribution is 2.15. The smallest absolute Gasteiger partial charge is 0.262 e. The highest BCUT2D eigenvalue weighted by Gasteiger charge is 2.07. The van der Waals surface area contributed by atoms with Gasteiger partial charge in [-0.1, -0.05) is 36.4 Å². The molecule has 0 aliphatic rings. The van der Waals surface area contributed by atoms with Gasteiger partial charge in [0.05, 0.1) is 11.9 Å². The number of anilines is 1. The van der Waals surface area contributed by atoms with E-state index in [-0.39, 0.29) is 12.5 Å². The maximum absolute atomic E-state index is 12.0. The standard InChI is InChI=1S/C21H19N3O4/c22-21(26)16-7-4-8-18(11-16)27-14-19(25)24-17-9-10-20(23-12-17)28-13-15-5-2-1-3-6-15/h1-12H,13-14H2,(H2,22,26)(H,24,25). The summed E-state index contributed by atoms with van der Waals surface area (Å²) in [6.45, 7) is 0.201. The Morgan fingerprint density at radius 3 is 2.50 bits per heavy atom. The summed E-state index contributed by atoms with van der Waals surface area (Å²) >= 11 is 0. The summed E-state index contributed by atoms with van der Waals surface area (Å²) in [5.41, 5.74) is 7.09. The predicted molar refractivity (Wildman–Crippen MR) is 104 cm³/mol. The van der Waals surface area contributed by atoms with Crippen LogP contribution in [0.3, 0.4) is 0 Å². The minimum absolute atomic E-state index is 0.214. The molecule has 142 valence electrons. The van der Waals surface area contributed by atoms with Gasteiger partial charge >= 0.3 is 0 Å². The number of rotatable bonds is 8. The number of hydrogen-bond acceptors (Lipinski definition) is 5. The van der Waals surface area contributed by atoms with Crippen molar-refractivity contribution in [1.29, 1.82) is 0 Å². The van der Waals surface area contributed by atoms with Crippen molar-refractivity contribution in [2.75, 3.05) is 11.9 Å². The first-order valence-corrected chi connectivity index (χ1v) is 8.55. The second kappa shape index (κ2) is 9.18. The lowest BCUT2D eigenvalue weighted by Gasteiger charge is -2.09. The molecule has 0 atom stereocenters. The van der Waals surface area contributed by atoms with Crippen molar-refractivity contribution < 1.29 is 19.1 Å². The quantitative estimate of drug-likeness (QED) is 0.628. The zero-order valence-electron chi connectivity index (χ0n) is 15.0. The van der Waals surface area contributed by atoms with Crippen molar-refractivity contribution in [3.05, 3.63) is 84.1 Å². The zero-order valence-corrected chi connectivity index (χ0v) is 15.0. The molecule has 0 bridgehead atoms. The first-order valence-electron chi connectivity index (χ1n) is 8.55. The van der Waals surface area contributed by atoms with E-state index in [2.05, 4.69) is 10.3 Å². The highest BCUT2D eigenvalue weighted by atomic mass is 16.5. The molecule has 0 aliphatic carbocycles. The van der Waals surface area contributed by atoms with E-state index < -0.39 is 5.91 Å². The summed E-state index contributed by atoms with van der Waals surface area (Å²) in [6.07, 6.45) is 1.51. The van der Waals surface area contributed by atoms with Gasteiger partial charge in [0.25, 0.3) is 5.91 Å². The normalized spacial score (nSPS) is 10.1. The van der Waals surface area contributed by atoms with Crippen LogP contribution in [-0.2, 0) is 11.4 Å². The minimum Gasteiger partial charge on any atom is -0.484 e. The number of nitrogens with two attached hydrogens (primary N) is 1. The van der Waals surface area contributed by atoms with Crippen LogP contribution in [0, 0.1) is 0 Å². The molecule has 0 saturated carbocycles. The number of nitrogens with one attached hydrogen (secondary N) is 1. The molecule has 0 saturated heterocycles. The number of ether oxygens (including phenoxy) is 2. The van der Waals surface area contributed by atoms with E-state index in [4.69, 9.17) is 15.2 Å². The van der Waals surface area contributed by atoms with Crippen LogP contribution in [0.2, 0.25) is 0 Å². The van der Waals surface area contributed by atoms with E-state index >= 15 is 0 Å². The third kappa shape index (κ3) is 5.57. The van der Waals surface area contributed by atoms with Crippen LogP contribution in [0.15, 0.2) is 72.9 Å². The van der Waals surface area contributed by atoms with Crippen LogP contribution in [0.4, 0.5) is 5.69 Å². The summed E-state index contributed by atoms with van der Waals surface area (Å²) in [7, 11) is 0. The Morgan fingerprint density at radius 1 is 0.964 bits per heavy atom. The number of nitrogens with zero attached hydrogens (tertiary/aromatic N) is 1. The van der Waals surface area contributed by atoms with Gasteiger partial charge in [0.1, 0.15) is 12.4 Å². The minimum atomic E-state index is -0.560. The van der Waals surface area contributed by atoms with Crippen molar-refractivity contribution in [2.24, 2.45) is 5.73 Å². The summed E-state index contributed by atoms with van der Waals surface area (Å²) < 4.78 is 11.0. The average Bonchev–Trinajstić information content (AvgIpc) is 2.73. The monoisotopic (exact) mass is 377 g/mol. The van der Waals surface area contributed by atoms with Gasteiger partial charge in [-0.15, -0.1) is 0 Å². The lowest BCUT2D eigenvalue weighted by molar-refractivity contribution is -0.118. The van der Waals surface area contributed by atoms with Gasteiger partial charge < -0.3 is 20.5 Å².